The van der Waals surface area contributed by atoms with E-state index in [0.717, 1.165) is 15.7 Å². The first-order chi connectivity index (χ1) is 10.2. The quantitative estimate of drug-likeness (QED) is 0.807. The fourth-order valence-electron chi connectivity index (χ4n) is 3.38. The molecule has 0 aromatic heterocycles. The maximum Gasteiger partial charge on any atom is 0.407 e. The van der Waals surface area contributed by atoms with E-state index in [4.69, 9.17) is 0 Å². The van der Waals surface area contributed by atoms with Gasteiger partial charge in [-0.3, -0.25) is 0 Å². The van der Waals surface area contributed by atoms with Crippen molar-refractivity contribution in [2.45, 2.75) is 39.3 Å². The fourth-order valence-corrected chi connectivity index (χ4v) is 3.76. The van der Waals surface area contributed by atoms with Gasteiger partial charge in [-0.05, 0) is 26.0 Å². The number of quaternary nitrogens is 1. The zero-order chi connectivity index (χ0) is 16.7. The summed E-state index contributed by atoms with van der Waals surface area (Å²) in [5.41, 5.74) is 1.80. The number of nitrogens with zero attached hydrogens (tertiary/aromatic N) is 2. The van der Waals surface area contributed by atoms with Gasteiger partial charge in [0.15, 0.2) is 0 Å². The molecule has 2 amide bonds. The minimum atomic E-state index is -0.926. The Bertz CT molecular complexity index is 619. The molecule has 22 heavy (non-hydrogen) atoms. The lowest BCUT2D eigenvalue weighted by Crippen LogP contribution is -2.59. The van der Waals surface area contributed by atoms with Gasteiger partial charge in [0.2, 0.25) is 0 Å². The van der Waals surface area contributed by atoms with Gasteiger partial charge in [0.1, 0.15) is 5.69 Å². The Morgan fingerprint density at radius 3 is 2.59 bits per heavy atom. The number of carbonyl (C=O) groups excluding carboxylic acids is 1. The third-order valence-electron chi connectivity index (χ3n) is 4.91. The molecular formula is C16H22BrN2O3+. The standard InChI is InChI=1S/C16H21BrN2O3/c1-5-18(16(21)22)14-8-10(2)19(4,11(3)20)15-7-6-12(17)9-13(14)15/h6-7,9-10,14H,5,8H2,1-4H3/p+1/t10-,14?,19+/m0/s1. The van der Waals surface area contributed by atoms with Crippen LogP contribution in [0.5, 0.6) is 0 Å². The zero-order valence-corrected chi connectivity index (χ0v) is 14.9. The summed E-state index contributed by atoms with van der Waals surface area (Å²) in [6.07, 6.45) is -0.302. The molecule has 0 spiro atoms. The van der Waals surface area contributed by atoms with Crippen molar-refractivity contribution in [3.63, 3.8) is 0 Å². The van der Waals surface area contributed by atoms with Crippen LogP contribution in [0.15, 0.2) is 22.7 Å². The number of fused-ring (bicyclic) bond motifs is 1. The van der Waals surface area contributed by atoms with E-state index in [1.807, 2.05) is 39.1 Å². The SMILES string of the molecule is CCN(C(=O)O)C1C[C@H](C)[N@+](C)(C(C)=O)c2ccc(Br)cc21. The second-order valence-corrected chi connectivity index (χ2v) is 6.88. The molecule has 1 aliphatic rings. The molecule has 1 unspecified atom stereocenters. The van der Waals surface area contributed by atoms with Crippen LogP contribution < -0.4 is 4.48 Å². The summed E-state index contributed by atoms with van der Waals surface area (Å²) in [6.45, 7) is 5.86. The average Bonchev–Trinajstić information content (AvgIpc) is 2.44. The van der Waals surface area contributed by atoms with Crippen LogP contribution in [0.25, 0.3) is 0 Å². The molecule has 0 saturated heterocycles. The number of rotatable bonds is 2. The van der Waals surface area contributed by atoms with Crippen molar-refractivity contribution in [2.24, 2.45) is 0 Å². The molecule has 1 aromatic rings. The molecule has 0 fully saturated rings. The number of halogens is 1. The van der Waals surface area contributed by atoms with Crippen LogP contribution in [0.1, 0.15) is 38.8 Å². The predicted octanol–water partition coefficient (Wildman–Crippen LogP) is 3.77. The predicted molar refractivity (Wildman–Crippen MR) is 89.8 cm³/mol. The Hall–Kier alpha value is -1.40. The van der Waals surface area contributed by atoms with Gasteiger partial charge in [-0.1, -0.05) is 15.9 Å². The Morgan fingerprint density at radius 1 is 1.45 bits per heavy atom. The number of hydrogen-bond donors (Lipinski definition) is 1. The highest BCUT2D eigenvalue weighted by molar-refractivity contribution is 9.10. The van der Waals surface area contributed by atoms with Crippen molar-refractivity contribution in [1.29, 1.82) is 0 Å². The van der Waals surface area contributed by atoms with E-state index in [0.29, 0.717) is 13.0 Å². The maximum atomic E-state index is 12.3. The van der Waals surface area contributed by atoms with Crippen molar-refractivity contribution < 1.29 is 14.7 Å². The monoisotopic (exact) mass is 369 g/mol. The van der Waals surface area contributed by atoms with Crippen molar-refractivity contribution in [3.8, 4) is 0 Å². The average molecular weight is 370 g/mol. The Morgan fingerprint density at radius 2 is 2.09 bits per heavy atom. The lowest BCUT2D eigenvalue weighted by molar-refractivity contribution is -0.129. The van der Waals surface area contributed by atoms with Gasteiger partial charge >= 0.3 is 12.0 Å². The van der Waals surface area contributed by atoms with Gasteiger partial charge in [-0.2, -0.15) is 0 Å². The normalized spacial score (nSPS) is 27.1. The summed E-state index contributed by atoms with van der Waals surface area (Å²) in [6, 6.07) is 5.57. The summed E-state index contributed by atoms with van der Waals surface area (Å²) in [7, 11) is 1.91. The molecule has 3 atom stereocenters. The molecular weight excluding hydrogens is 348 g/mol. The number of hydrogen-bond acceptors (Lipinski definition) is 2. The van der Waals surface area contributed by atoms with E-state index in [-0.39, 0.29) is 22.5 Å². The maximum absolute atomic E-state index is 12.3. The van der Waals surface area contributed by atoms with Crippen LogP contribution in [0.2, 0.25) is 0 Å². The van der Waals surface area contributed by atoms with E-state index in [1.54, 1.807) is 6.92 Å². The molecule has 5 nitrogen and oxygen atoms in total. The van der Waals surface area contributed by atoms with Crippen molar-refractivity contribution in [2.75, 3.05) is 13.6 Å². The molecule has 0 aliphatic carbocycles. The molecule has 1 aromatic carbocycles. The molecule has 6 heteroatoms. The molecule has 0 saturated carbocycles. The van der Waals surface area contributed by atoms with Gasteiger partial charge in [0, 0.05) is 29.1 Å². The third-order valence-corrected chi connectivity index (χ3v) is 5.40. The first kappa shape index (κ1) is 17.0. The van der Waals surface area contributed by atoms with Crippen molar-refractivity contribution >= 4 is 33.6 Å². The first-order valence-corrected chi connectivity index (χ1v) is 8.19. The summed E-state index contributed by atoms with van der Waals surface area (Å²) in [4.78, 5) is 25.3. The molecule has 1 aliphatic heterocycles. The van der Waals surface area contributed by atoms with E-state index in [1.165, 1.54) is 4.90 Å². The van der Waals surface area contributed by atoms with Gasteiger partial charge in [0.05, 0.1) is 26.1 Å². The zero-order valence-electron chi connectivity index (χ0n) is 13.3. The van der Waals surface area contributed by atoms with Crippen LogP contribution in [0.3, 0.4) is 0 Å². The van der Waals surface area contributed by atoms with Crippen molar-refractivity contribution in [3.05, 3.63) is 28.2 Å². The highest BCUT2D eigenvalue weighted by atomic mass is 79.9. The third kappa shape index (κ3) is 2.54. The van der Waals surface area contributed by atoms with Crippen LogP contribution in [-0.4, -0.2) is 41.6 Å². The van der Waals surface area contributed by atoms with E-state index in [2.05, 4.69) is 15.9 Å². The summed E-state index contributed by atoms with van der Waals surface area (Å²) in [5, 5.41) is 9.49. The molecule has 1 N–H and O–H groups in total. The summed E-state index contributed by atoms with van der Waals surface area (Å²) >= 11 is 3.46. The minimum absolute atomic E-state index is 0.0181. The second-order valence-electron chi connectivity index (χ2n) is 5.97. The number of carboxylic acid groups (broad SMARTS) is 1. The van der Waals surface area contributed by atoms with Crippen LogP contribution >= 0.6 is 15.9 Å². The van der Waals surface area contributed by atoms with E-state index < -0.39 is 6.09 Å². The van der Waals surface area contributed by atoms with Crippen LogP contribution in [0.4, 0.5) is 10.5 Å². The molecule has 0 bridgehead atoms. The lowest BCUT2D eigenvalue weighted by Gasteiger charge is -2.45. The number of benzene rings is 1. The minimum Gasteiger partial charge on any atom is -0.465 e. The van der Waals surface area contributed by atoms with Crippen LogP contribution in [0, 0.1) is 0 Å². The Balaban J connectivity index is 2.66. The van der Waals surface area contributed by atoms with Gasteiger partial charge in [-0.25, -0.2) is 14.1 Å². The summed E-state index contributed by atoms with van der Waals surface area (Å²) in [5.74, 6) is 0.0629. The topological polar surface area (TPSA) is 57.6 Å². The van der Waals surface area contributed by atoms with Gasteiger partial charge < -0.3 is 10.0 Å². The van der Waals surface area contributed by atoms with Crippen LogP contribution in [-0.2, 0) is 4.79 Å². The highest BCUT2D eigenvalue weighted by Gasteiger charge is 2.47. The largest absolute Gasteiger partial charge is 0.465 e. The van der Waals surface area contributed by atoms with E-state index >= 15 is 0 Å². The number of amides is 2. The first-order valence-electron chi connectivity index (χ1n) is 7.40. The lowest BCUT2D eigenvalue weighted by atomic mass is 9.88. The van der Waals surface area contributed by atoms with Gasteiger partial charge in [0.25, 0.3) is 0 Å². The Labute approximate surface area is 139 Å². The van der Waals surface area contributed by atoms with Gasteiger partial charge in [-0.15, -0.1) is 0 Å². The smallest absolute Gasteiger partial charge is 0.407 e. The molecule has 120 valence electrons. The number of carbonyl (C=O) groups is 2. The van der Waals surface area contributed by atoms with Crippen molar-refractivity contribution in [1.82, 2.24) is 9.38 Å². The Kier molecular flexibility index (Phi) is 4.63. The molecule has 1 heterocycles. The fraction of sp³-hybridized carbons (Fsp3) is 0.500. The summed E-state index contributed by atoms with van der Waals surface area (Å²) < 4.78 is 1.10. The molecule has 2 rings (SSSR count). The second kappa shape index (κ2) is 6.01. The highest BCUT2D eigenvalue weighted by Crippen LogP contribution is 2.45. The van der Waals surface area contributed by atoms with E-state index in [9.17, 15) is 14.7 Å². The molecule has 0 radical (unpaired) electrons.